The Labute approximate surface area is 112 Å². The van der Waals surface area contributed by atoms with E-state index in [2.05, 4.69) is 10.5 Å². The van der Waals surface area contributed by atoms with Crippen molar-refractivity contribution in [2.24, 2.45) is 11.0 Å². The molecular weight excluding hydrogens is 277 g/mol. The van der Waals surface area contributed by atoms with Gasteiger partial charge >= 0.3 is 0 Å². The SMILES string of the molecule is O=C1[C@H]2C=NN[C@@H]2C(=O)N1c1cc(Cl)ccc1Cl. The van der Waals surface area contributed by atoms with E-state index in [4.69, 9.17) is 23.2 Å². The second-order valence-corrected chi connectivity index (χ2v) is 4.86. The summed E-state index contributed by atoms with van der Waals surface area (Å²) in [6, 6.07) is 4.01. The number of rotatable bonds is 1. The van der Waals surface area contributed by atoms with Crippen LogP contribution in [0.15, 0.2) is 23.3 Å². The Morgan fingerprint density at radius 2 is 2.00 bits per heavy atom. The maximum atomic E-state index is 12.1. The minimum absolute atomic E-state index is 0.304. The fourth-order valence-corrected chi connectivity index (χ4v) is 2.44. The molecule has 2 aliphatic heterocycles. The zero-order valence-corrected chi connectivity index (χ0v) is 10.4. The number of carbonyl (C=O) groups excluding carboxylic acids is 2. The summed E-state index contributed by atoms with van der Waals surface area (Å²) in [5, 5.41) is 4.45. The number of hydrogen-bond acceptors (Lipinski definition) is 4. The predicted molar refractivity (Wildman–Crippen MR) is 67.9 cm³/mol. The lowest BCUT2D eigenvalue weighted by Crippen LogP contribution is -2.36. The highest BCUT2D eigenvalue weighted by Crippen LogP contribution is 2.34. The molecule has 0 radical (unpaired) electrons. The van der Waals surface area contributed by atoms with Gasteiger partial charge in [0.1, 0.15) is 12.0 Å². The molecule has 2 amide bonds. The number of imide groups is 1. The molecule has 1 saturated heterocycles. The van der Waals surface area contributed by atoms with Gasteiger partial charge in [-0.1, -0.05) is 23.2 Å². The van der Waals surface area contributed by atoms with E-state index in [1.165, 1.54) is 12.3 Å². The lowest BCUT2D eigenvalue weighted by molar-refractivity contribution is -0.122. The van der Waals surface area contributed by atoms with E-state index in [-0.39, 0.29) is 11.8 Å². The highest BCUT2D eigenvalue weighted by molar-refractivity contribution is 6.38. The molecule has 5 nitrogen and oxygen atoms in total. The smallest absolute Gasteiger partial charge is 0.259 e. The quantitative estimate of drug-likeness (QED) is 0.794. The van der Waals surface area contributed by atoms with Crippen molar-refractivity contribution in [3.8, 4) is 0 Å². The molecular formula is C11H7Cl2N3O2. The minimum atomic E-state index is -0.632. The van der Waals surface area contributed by atoms with Gasteiger partial charge < -0.3 is 0 Å². The van der Waals surface area contributed by atoms with E-state index in [9.17, 15) is 9.59 Å². The number of carbonyl (C=O) groups is 2. The Morgan fingerprint density at radius 1 is 1.22 bits per heavy atom. The van der Waals surface area contributed by atoms with Crippen molar-refractivity contribution in [1.82, 2.24) is 5.43 Å². The van der Waals surface area contributed by atoms with Gasteiger partial charge in [-0.2, -0.15) is 5.10 Å². The molecule has 0 aromatic heterocycles. The number of amides is 2. The fraction of sp³-hybridized carbons (Fsp3) is 0.182. The molecule has 0 spiro atoms. The van der Waals surface area contributed by atoms with Crippen molar-refractivity contribution in [1.29, 1.82) is 0 Å². The van der Waals surface area contributed by atoms with Crippen molar-refractivity contribution in [3.63, 3.8) is 0 Å². The molecule has 18 heavy (non-hydrogen) atoms. The zero-order chi connectivity index (χ0) is 12.9. The number of hydrazone groups is 1. The lowest BCUT2D eigenvalue weighted by Gasteiger charge is -2.16. The Morgan fingerprint density at radius 3 is 2.72 bits per heavy atom. The zero-order valence-electron chi connectivity index (χ0n) is 8.93. The summed E-state index contributed by atoms with van der Waals surface area (Å²) in [6.07, 6.45) is 1.43. The van der Waals surface area contributed by atoms with E-state index >= 15 is 0 Å². The molecule has 1 N–H and O–H groups in total. The average Bonchev–Trinajstić information content (AvgIpc) is 2.89. The molecule has 92 valence electrons. The topological polar surface area (TPSA) is 61.8 Å². The second-order valence-electron chi connectivity index (χ2n) is 4.02. The van der Waals surface area contributed by atoms with Crippen LogP contribution >= 0.6 is 23.2 Å². The first-order chi connectivity index (χ1) is 8.59. The molecule has 0 saturated carbocycles. The first kappa shape index (κ1) is 11.5. The molecule has 1 aromatic rings. The number of hydrogen-bond donors (Lipinski definition) is 1. The normalized spacial score (nSPS) is 25.6. The van der Waals surface area contributed by atoms with E-state index in [0.717, 1.165) is 4.90 Å². The van der Waals surface area contributed by atoms with Crippen molar-refractivity contribution < 1.29 is 9.59 Å². The molecule has 0 bridgehead atoms. The van der Waals surface area contributed by atoms with Crippen LogP contribution in [0, 0.1) is 5.92 Å². The molecule has 0 unspecified atom stereocenters. The predicted octanol–water partition coefficient (Wildman–Crippen LogP) is 1.44. The molecule has 2 atom stereocenters. The molecule has 7 heteroatoms. The van der Waals surface area contributed by atoms with Crippen LogP contribution in [0.4, 0.5) is 5.69 Å². The monoisotopic (exact) mass is 283 g/mol. The van der Waals surface area contributed by atoms with Crippen LogP contribution in [0.1, 0.15) is 0 Å². The number of benzene rings is 1. The Balaban J connectivity index is 2.07. The molecule has 2 heterocycles. The lowest BCUT2D eigenvalue weighted by atomic mass is 10.1. The molecule has 2 aliphatic rings. The van der Waals surface area contributed by atoms with Crippen LogP contribution in [0.3, 0.4) is 0 Å². The summed E-state index contributed by atoms with van der Waals surface area (Å²) in [7, 11) is 0. The molecule has 3 rings (SSSR count). The summed E-state index contributed by atoms with van der Waals surface area (Å²) in [6.45, 7) is 0. The summed E-state index contributed by atoms with van der Waals surface area (Å²) >= 11 is 11.9. The summed E-state index contributed by atoms with van der Waals surface area (Å²) < 4.78 is 0. The average molecular weight is 284 g/mol. The first-order valence-corrected chi connectivity index (χ1v) is 5.97. The highest BCUT2D eigenvalue weighted by atomic mass is 35.5. The van der Waals surface area contributed by atoms with E-state index < -0.39 is 12.0 Å². The third-order valence-corrected chi connectivity index (χ3v) is 3.50. The van der Waals surface area contributed by atoms with Crippen LogP contribution in [-0.2, 0) is 9.59 Å². The van der Waals surface area contributed by atoms with Gasteiger partial charge in [-0.25, -0.2) is 4.90 Å². The van der Waals surface area contributed by atoms with Gasteiger partial charge in [0.25, 0.3) is 5.91 Å². The summed E-state index contributed by atoms with van der Waals surface area (Å²) in [5.41, 5.74) is 2.92. The van der Waals surface area contributed by atoms with Gasteiger partial charge in [-0.05, 0) is 18.2 Å². The van der Waals surface area contributed by atoms with Crippen molar-refractivity contribution in [3.05, 3.63) is 28.2 Å². The van der Waals surface area contributed by atoms with Gasteiger partial charge in [-0.3, -0.25) is 15.0 Å². The minimum Gasteiger partial charge on any atom is -0.297 e. The number of anilines is 1. The van der Waals surface area contributed by atoms with Gasteiger partial charge in [0.2, 0.25) is 5.91 Å². The van der Waals surface area contributed by atoms with Gasteiger partial charge in [0.15, 0.2) is 0 Å². The van der Waals surface area contributed by atoms with Crippen LogP contribution < -0.4 is 10.3 Å². The number of nitrogens with zero attached hydrogens (tertiary/aromatic N) is 2. The Bertz CT molecular complexity index is 588. The van der Waals surface area contributed by atoms with E-state index in [0.29, 0.717) is 15.7 Å². The van der Waals surface area contributed by atoms with Crippen LogP contribution in [0.25, 0.3) is 0 Å². The Kier molecular flexibility index (Phi) is 2.53. The van der Waals surface area contributed by atoms with Crippen LogP contribution in [-0.4, -0.2) is 24.1 Å². The number of halogens is 2. The van der Waals surface area contributed by atoms with E-state index in [1.54, 1.807) is 12.1 Å². The van der Waals surface area contributed by atoms with Gasteiger partial charge in [0.05, 0.1) is 10.7 Å². The molecule has 0 aliphatic carbocycles. The van der Waals surface area contributed by atoms with Crippen LogP contribution in [0.2, 0.25) is 10.0 Å². The molecule has 1 fully saturated rings. The van der Waals surface area contributed by atoms with Gasteiger partial charge in [-0.15, -0.1) is 0 Å². The third kappa shape index (κ3) is 1.51. The molecule has 1 aromatic carbocycles. The number of nitrogens with one attached hydrogen (secondary N) is 1. The number of fused-ring (bicyclic) bond motifs is 1. The highest BCUT2D eigenvalue weighted by Gasteiger charge is 2.50. The standard InChI is InChI=1S/C11H7Cl2N3O2/c12-5-1-2-7(13)8(3-5)16-10(17)6-4-14-15-9(6)11(16)18/h1-4,6,9,15H/t6-,9-/m0/s1. The maximum absolute atomic E-state index is 12.1. The van der Waals surface area contributed by atoms with Crippen molar-refractivity contribution >= 4 is 46.9 Å². The largest absolute Gasteiger partial charge is 0.297 e. The van der Waals surface area contributed by atoms with Crippen molar-refractivity contribution in [2.45, 2.75) is 6.04 Å². The van der Waals surface area contributed by atoms with Crippen LogP contribution in [0.5, 0.6) is 0 Å². The van der Waals surface area contributed by atoms with Gasteiger partial charge in [0, 0.05) is 11.2 Å². The van der Waals surface area contributed by atoms with E-state index in [1.807, 2.05) is 0 Å². The summed E-state index contributed by atoms with van der Waals surface area (Å²) in [4.78, 5) is 25.3. The first-order valence-electron chi connectivity index (χ1n) is 5.21. The maximum Gasteiger partial charge on any atom is 0.259 e. The third-order valence-electron chi connectivity index (χ3n) is 2.95. The summed E-state index contributed by atoms with van der Waals surface area (Å²) in [5.74, 6) is -1.28. The second kappa shape index (κ2) is 3.96. The Hall–Kier alpha value is -1.59. The fourth-order valence-electron chi connectivity index (χ4n) is 2.08. The van der Waals surface area contributed by atoms with Crippen molar-refractivity contribution in [2.75, 3.05) is 4.90 Å².